The van der Waals surface area contributed by atoms with Crippen molar-refractivity contribution in [2.75, 3.05) is 30.8 Å². The molecule has 2 aromatic carbocycles. The Hall–Kier alpha value is -2.98. The molecule has 8 nitrogen and oxygen atoms in total. The van der Waals surface area contributed by atoms with Gasteiger partial charge in [-0.15, -0.1) is 0 Å². The van der Waals surface area contributed by atoms with Crippen molar-refractivity contribution in [2.24, 2.45) is 0 Å². The Kier molecular flexibility index (Phi) is 7.29. The molecule has 0 radical (unpaired) electrons. The molecule has 0 aliphatic rings. The van der Waals surface area contributed by atoms with Crippen molar-refractivity contribution >= 4 is 33.2 Å². The fraction of sp³-hybridized carbons (Fsp3) is 0.263. The van der Waals surface area contributed by atoms with Gasteiger partial charge in [0.2, 0.25) is 21.8 Å². The highest BCUT2D eigenvalue weighted by Gasteiger charge is 2.29. The average Bonchev–Trinajstić information content (AvgIpc) is 2.67. The van der Waals surface area contributed by atoms with Crippen molar-refractivity contribution < 1.29 is 27.1 Å². The van der Waals surface area contributed by atoms with Gasteiger partial charge in [-0.05, 0) is 42.5 Å². The van der Waals surface area contributed by atoms with Crippen LogP contribution in [0.4, 0.5) is 15.8 Å². The Balaban J connectivity index is 2.15. The fourth-order valence-corrected chi connectivity index (χ4v) is 4.13. The summed E-state index contributed by atoms with van der Waals surface area (Å²) >= 11 is 0. The maximum atomic E-state index is 13.6. The first-order valence-corrected chi connectivity index (χ1v) is 10.1. The van der Waals surface area contributed by atoms with E-state index in [1.165, 1.54) is 20.1 Å². The quantitative estimate of drug-likeness (QED) is 0.679. The Bertz CT molecular complexity index is 993. The molecule has 2 aromatic rings. The Morgan fingerprint density at radius 1 is 1.07 bits per heavy atom. The van der Waals surface area contributed by atoms with Crippen LogP contribution in [0.25, 0.3) is 0 Å². The van der Waals surface area contributed by atoms with E-state index in [2.05, 4.69) is 10.6 Å². The molecule has 0 saturated carbocycles. The summed E-state index contributed by atoms with van der Waals surface area (Å²) in [6.07, 6.45) is 0. The van der Waals surface area contributed by atoms with Gasteiger partial charge in [-0.1, -0.05) is 6.92 Å². The highest BCUT2D eigenvalue weighted by molar-refractivity contribution is 7.89. The van der Waals surface area contributed by atoms with E-state index in [1.54, 1.807) is 31.2 Å². The van der Waals surface area contributed by atoms with Crippen molar-refractivity contribution in [3.8, 4) is 5.75 Å². The van der Waals surface area contributed by atoms with E-state index in [1.807, 2.05) is 0 Å². The molecule has 0 aliphatic heterocycles. The molecular weight excluding hydrogens is 401 g/mol. The van der Waals surface area contributed by atoms with E-state index < -0.39 is 28.3 Å². The first kappa shape index (κ1) is 22.3. The van der Waals surface area contributed by atoms with E-state index in [0.717, 1.165) is 16.4 Å². The number of sulfonamides is 1. The van der Waals surface area contributed by atoms with E-state index in [-0.39, 0.29) is 23.1 Å². The van der Waals surface area contributed by atoms with Gasteiger partial charge >= 0.3 is 0 Å². The third-order valence-corrected chi connectivity index (χ3v) is 5.85. The second-order valence-corrected chi connectivity index (χ2v) is 7.94. The Morgan fingerprint density at radius 2 is 1.66 bits per heavy atom. The van der Waals surface area contributed by atoms with E-state index in [9.17, 15) is 22.4 Å². The van der Waals surface area contributed by atoms with Gasteiger partial charge in [0, 0.05) is 24.8 Å². The number of rotatable bonds is 8. The zero-order valence-electron chi connectivity index (χ0n) is 16.2. The molecule has 0 unspecified atom stereocenters. The van der Waals surface area contributed by atoms with Crippen molar-refractivity contribution in [3.05, 3.63) is 48.3 Å². The van der Waals surface area contributed by atoms with Gasteiger partial charge in [0.1, 0.15) is 16.5 Å². The lowest BCUT2D eigenvalue weighted by atomic mass is 10.2. The van der Waals surface area contributed by atoms with Crippen LogP contribution in [-0.4, -0.2) is 44.7 Å². The molecule has 10 heteroatoms. The van der Waals surface area contributed by atoms with Crippen LogP contribution in [0, 0.1) is 5.82 Å². The molecule has 0 atom stereocenters. The molecule has 2 amide bonds. The number of nitrogens with one attached hydrogen (secondary N) is 2. The molecule has 29 heavy (non-hydrogen) atoms. The summed E-state index contributed by atoms with van der Waals surface area (Å²) in [5, 5.41) is 5.19. The summed E-state index contributed by atoms with van der Waals surface area (Å²) in [7, 11) is -2.89. The predicted molar refractivity (Wildman–Crippen MR) is 107 cm³/mol. The Labute approximate surface area is 168 Å². The van der Waals surface area contributed by atoms with Crippen LogP contribution in [0.3, 0.4) is 0 Å². The minimum absolute atomic E-state index is 0.00308. The molecule has 0 heterocycles. The van der Waals surface area contributed by atoms with Gasteiger partial charge in [-0.3, -0.25) is 9.59 Å². The Morgan fingerprint density at radius 3 is 2.17 bits per heavy atom. The van der Waals surface area contributed by atoms with Crippen LogP contribution in [0.15, 0.2) is 47.4 Å². The lowest BCUT2D eigenvalue weighted by molar-refractivity contribution is -0.116. The van der Waals surface area contributed by atoms with Crippen LogP contribution in [0.5, 0.6) is 5.75 Å². The number of anilines is 2. The number of ether oxygens (including phenoxy) is 1. The normalized spacial score (nSPS) is 11.2. The molecule has 0 fully saturated rings. The summed E-state index contributed by atoms with van der Waals surface area (Å²) < 4.78 is 45.3. The largest absolute Gasteiger partial charge is 0.495 e. The van der Waals surface area contributed by atoms with Crippen LogP contribution < -0.4 is 15.4 Å². The lowest BCUT2D eigenvalue weighted by Crippen LogP contribution is -2.38. The minimum atomic E-state index is -4.16. The molecular formula is C19H22FN3O5S. The summed E-state index contributed by atoms with van der Waals surface area (Å²) in [5.41, 5.74) is 0.993. The number of carbonyl (C=O) groups excluding carboxylic acids is 2. The van der Waals surface area contributed by atoms with E-state index in [0.29, 0.717) is 11.4 Å². The summed E-state index contributed by atoms with van der Waals surface area (Å²) in [4.78, 5) is 23.0. The predicted octanol–water partition coefficient (Wildman–Crippen LogP) is 2.44. The molecule has 0 spiro atoms. The zero-order chi connectivity index (χ0) is 21.6. The topological polar surface area (TPSA) is 105 Å². The number of halogens is 1. The SMILES string of the molecule is CCN(CC(=O)Nc1ccc(NC(C)=O)cc1)S(=O)(=O)c1cc(F)ccc1OC. The van der Waals surface area contributed by atoms with Crippen LogP contribution in [0.2, 0.25) is 0 Å². The summed E-state index contributed by atoms with van der Waals surface area (Å²) in [6, 6.07) is 9.51. The zero-order valence-corrected chi connectivity index (χ0v) is 17.0. The lowest BCUT2D eigenvalue weighted by Gasteiger charge is -2.21. The van der Waals surface area contributed by atoms with Gasteiger partial charge in [0.15, 0.2) is 0 Å². The molecule has 0 aromatic heterocycles. The molecule has 2 N–H and O–H groups in total. The molecule has 156 valence electrons. The van der Waals surface area contributed by atoms with Crippen LogP contribution in [0.1, 0.15) is 13.8 Å². The third kappa shape index (κ3) is 5.75. The minimum Gasteiger partial charge on any atom is -0.495 e. The monoisotopic (exact) mass is 423 g/mol. The van der Waals surface area contributed by atoms with Crippen LogP contribution in [-0.2, 0) is 19.6 Å². The summed E-state index contributed by atoms with van der Waals surface area (Å²) in [6.45, 7) is 2.48. The fourth-order valence-electron chi connectivity index (χ4n) is 2.56. The number of amides is 2. The number of benzene rings is 2. The van der Waals surface area contributed by atoms with Gasteiger partial charge in [-0.2, -0.15) is 4.31 Å². The average molecular weight is 423 g/mol. The van der Waals surface area contributed by atoms with Crippen molar-refractivity contribution in [1.82, 2.24) is 4.31 Å². The smallest absolute Gasteiger partial charge is 0.247 e. The van der Waals surface area contributed by atoms with Gasteiger partial charge < -0.3 is 15.4 Å². The number of hydrogen-bond donors (Lipinski definition) is 2. The number of nitrogens with zero attached hydrogens (tertiary/aromatic N) is 1. The second kappa shape index (κ2) is 9.48. The van der Waals surface area contributed by atoms with E-state index >= 15 is 0 Å². The summed E-state index contributed by atoms with van der Waals surface area (Å²) in [5.74, 6) is -1.54. The first-order chi connectivity index (χ1) is 13.7. The maximum absolute atomic E-state index is 13.6. The molecule has 0 aliphatic carbocycles. The highest BCUT2D eigenvalue weighted by Crippen LogP contribution is 2.27. The maximum Gasteiger partial charge on any atom is 0.247 e. The standard InChI is InChI=1S/C19H22FN3O5S/c1-4-23(29(26,27)18-11-14(20)5-10-17(18)28-3)12-19(25)22-16-8-6-15(7-9-16)21-13(2)24/h5-11H,4,12H2,1-3H3,(H,21,24)(H,22,25). The number of hydrogen-bond acceptors (Lipinski definition) is 5. The molecule has 0 saturated heterocycles. The highest BCUT2D eigenvalue weighted by atomic mass is 32.2. The van der Waals surface area contributed by atoms with E-state index in [4.69, 9.17) is 4.74 Å². The molecule has 0 bridgehead atoms. The van der Waals surface area contributed by atoms with Gasteiger partial charge in [0.25, 0.3) is 0 Å². The first-order valence-electron chi connectivity index (χ1n) is 8.68. The molecule has 2 rings (SSSR count). The number of carbonyl (C=O) groups is 2. The van der Waals surface area contributed by atoms with Crippen molar-refractivity contribution in [2.45, 2.75) is 18.7 Å². The van der Waals surface area contributed by atoms with Crippen molar-refractivity contribution in [3.63, 3.8) is 0 Å². The third-order valence-electron chi connectivity index (χ3n) is 3.91. The number of likely N-dealkylation sites (N-methyl/N-ethyl adjacent to an activating group) is 1. The number of methoxy groups -OCH3 is 1. The van der Waals surface area contributed by atoms with Gasteiger partial charge in [0.05, 0.1) is 13.7 Å². The second-order valence-electron chi connectivity index (χ2n) is 6.03. The van der Waals surface area contributed by atoms with Crippen molar-refractivity contribution in [1.29, 1.82) is 0 Å². The van der Waals surface area contributed by atoms with Gasteiger partial charge in [-0.25, -0.2) is 12.8 Å². The van der Waals surface area contributed by atoms with Crippen LogP contribution >= 0.6 is 0 Å².